The normalized spacial score (nSPS) is 26.5. The highest BCUT2D eigenvalue weighted by molar-refractivity contribution is 5.87. The molecule has 0 bridgehead atoms. The van der Waals surface area contributed by atoms with Gasteiger partial charge in [0.1, 0.15) is 11.6 Å². The fourth-order valence-electron chi connectivity index (χ4n) is 3.94. The van der Waals surface area contributed by atoms with E-state index in [1.165, 1.54) is 32.1 Å². The van der Waals surface area contributed by atoms with Gasteiger partial charge in [-0.1, -0.05) is 31.4 Å². The Morgan fingerprint density at radius 2 is 1.89 bits per heavy atom. The molecule has 0 aromatic carbocycles. The number of Topliss-reactive ketones (excluding diaryl/α,β-unsaturated/α-hetero) is 2. The SMILES string of the molecule is C=C(CCC(C)=O)C1C(=O)CCC12CCCCC2. The molecule has 2 heteroatoms. The minimum Gasteiger partial charge on any atom is -0.300 e. The summed E-state index contributed by atoms with van der Waals surface area (Å²) in [7, 11) is 0. The van der Waals surface area contributed by atoms with Crippen LogP contribution in [-0.2, 0) is 9.59 Å². The Morgan fingerprint density at radius 1 is 1.22 bits per heavy atom. The fraction of sp³-hybridized carbons (Fsp3) is 0.750. The van der Waals surface area contributed by atoms with Gasteiger partial charge in [0.2, 0.25) is 0 Å². The Morgan fingerprint density at radius 3 is 2.50 bits per heavy atom. The highest BCUT2D eigenvalue weighted by Crippen LogP contribution is 2.54. The van der Waals surface area contributed by atoms with Crippen molar-refractivity contribution in [1.82, 2.24) is 0 Å². The van der Waals surface area contributed by atoms with E-state index in [-0.39, 0.29) is 17.1 Å². The Kier molecular flexibility index (Phi) is 4.04. The lowest BCUT2D eigenvalue weighted by Gasteiger charge is -2.39. The topological polar surface area (TPSA) is 34.1 Å². The molecule has 2 nitrogen and oxygen atoms in total. The van der Waals surface area contributed by atoms with E-state index in [2.05, 4.69) is 6.58 Å². The molecule has 0 aliphatic heterocycles. The van der Waals surface area contributed by atoms with Crippen molar-refractivity contribution in [3.63, 3.8) is 0 Å². The van der Waals surface area contributed by atoms with Crippen molar-refractivity contribution in [3.8, 4) is 0 Å². The number of ketones is 2. The summed E-state index contributed by atoms with van der Waals surface area (Å²) in [6, 6.07) is 0. The molecule has 0 radical (unpaired) electrons. The predicted molar refractivity (Wildman–Crippen MR) is 72.3 cm³/mol. The highest BCUT2D eigenvalue weighted by atomic mass is 16.1. The Hall–Kier alpha value is -0.920. The average Bonchev–Trinajstić information content (AvgIpc) is 2.64. The van der Waals surface area contributed by atoms with E-state index in [1.807, 2.05) is 0 Å². The van der Waals surface area contributed by atoms with E-state index < -0.39 is 0 Å². The molecule has 2 fully saturated rings. The first-order chi connectivity index (χ1) is 8.55. The van der Waals surface area contributed by atoms with Gasteiger partial charge in [-0.25, -0.2) is 0 Å². The molecule has 0 heterocycles. The second-order valence-electron chi connectivity index (χ2n) is 6.18. The van der Waals surface area contributed by atoms with Gasteiger partial charge in [0.05, 0.1) is 0 Å². The van der Waals surface area contributed by atoms with E-state index >= 15 is 0 Å². The van der Waals surface area contributed by atoms with Gasteiger partial charge in [0.25, 0.3) is 0 Å². The van der Waals surface area contributed by atoms with Crippen LogP contribution in [0.4, 0.5) is 0 Å². The predicted octanol–water partition coefficient (Wildman–Crippen LogP) is 3.84. The van der Waals surface area contributed by atoms with Crippen LogP contribution in [0.15, 0.2) is 12.2 Å². The maximum absolute atomic E-state index is 12.2. The minimum atomic E-state index is 0.0529. The summed E-state index contributed by atoms with van der Waals surface area (Å²) in [5.74, 6) is 0.627. The van der Waals surface area contributed by atoms with Crippen molar-refractivity contribution >= 4 is 11.6 Å². The van der Waals surface area contributed by atoms with Crippen LogP contribution in [0.5, 0.6) is 0 Å². The number of carbonyl (C=O) groups is 2. The van der Waals surface area contributed by atoms with E-state index in [0.29, 0.717) is 18.6 Å². The summed E-state index contributed by atoms with van der Waals surface area (Å²) in [5.41, 5.74) is 1.23. The molecular formula is C16H24O2. The molecular weight excluding hydrogens is 224 g/mol. The summed E-state index contributed by atoms with van der Waals surface area (Å²) in [4.78, 5) is 23.3. The second kappa shape index (κ2) is 5.38. The molecule has 1 atom stereocenters. The summed E-state index contributed by atoms with van der Waals surface area (Å²) in [5, 5.41) is 0. The molecule has 2 aliphatic rings. The zero-order chi connectivity index (χ0) is 13.2. The van der Waals surface area contributed by atoms with Crippen molar-refractivity contribution < 1.29 is 9.59 Å². The van der Waals surface area contributed by atoms with E-state index in [9.17, 15) is 9.59 Å². The van der Waals surface area contributed by atoms with Gasteiger partial charge in [0.15, 0.2) is 0 Å². The van der Waals surface area contributed by atoms with Crippen molar-refractivity contribution in [2.45, 2.75) is 64.7 Å². The first-order valence-electron chi connectivity index (χ1n) is 7.25. The van der Waals surface area contributed by atoms with Crippen molar-refractivity contribution in [2.75, 3.05) is 0 Å². The van der Waals surface area contributed by atoms with Crippen LogP contribution < -0.4 is 0 Å². The maximum Gasteiger partial charge on any atom is 0.140 e. The van der Waals surface area contributed by atoms with Gasteiger partial charge in [0, 0.05) is 18.8 Å². The standard InChI is InChI=1S/C16H24O2/c1-12(6-7-13(2)17)15-14(18)8-11-16(15)9-4-3-5-10-16/h15H,1,3-11H2,2H3. The third-order valence-corrected chi connectivity index (χ3v) is 4.86. The lowest BCUT2D eigenvalue weighted by atomic mass is 9.65. The summed E-state index contributed by atoms with van der Waals surface area (Å²) in [6.45, 7) is 5.75. The number of carbonyl (C=O) groups excluding carboxylic acids is 2. The first kappa shape index (κ1) is 13.5. The zero-order valence-electron chi connectivity index (χ0n) is 11.5. The van der Waals surface area contributed by atoms with Crippen LogP contribution in [0, 0.1) is 11.3 Å². The van der Waals surface area contributed by atoms with Gasteiger partial charge in [-0.05, 0) is 38.0 Å². The molecule has 0 aromatic rings. The lowest BCUT2D eigenvalue weighted by Crippen LogP contribution is -2.32. The van der Waals surface area contributed by atoms with Gasteiger partial charge in [-0.15, -0.1) is 0 Å². The summed E-state index contributed by atoms with van der Waals surface area (Å²) >= 11 is 0. The first-order valence-corrected chi connectivity index (χ1v) is 7.25. The molecule has 0 saturated heterocycles. The van der Waals surface area contributed by atoms with E-state index in [0.717, 1.165) is 18.4 Å². The van der Waals surface area contributed by atoms with E-state index in [4.69, 9.17) is 0 Å². The second-order valence-corrected chi connectivity index (χ2v) is 6.18. The molecule has 0 amide bonds. The molecule has 2 saturated carbocycles. The van der Waals surface area contributed by atoms with E-state index in [1.54, 1.807) is 6.92 Å². The molecule has 18 heavy (non-hydrogen) atoms. The molecule has 0 N–H and O–H groups in total. The van der Waals surface area contributed by atoms with Crippen LogP contribution in [0.25, 0.3) is 0 Å². The number of rotatable bonds is 4. The Bertz CT molecular complexity index is 361. The average molecular weight is 248 g/mol. The largest absolute Gasteiger partial charge is 0.300 e. The fourth-order valence-corrected chi connectivity index (χ4v) is 3.94. The highest BCUT2D eigenvalue weighted by Gasteiger charge is 2.48. The molecule has 1 spiro atoms. The van der Waals surface area contributed by atoms with Crippen molar-refractivity contribution in [2.24, 2.45) is 11.3 Å². The molecule has 2 aliphatic carbocycles. The third kappa shape index (κ3) is 2.57. The molecule has 0 aromatic heterocycles. The summed E-state index contributed by atoms with van der Waals surface area (Å²) in [6.07, 6.45) is 9.20. The minimum absolute atomic E-state index is 0.0529. The number of allylic oxidation sites excluding steroid dienone is 1. The monoisotopic (exact) mass is 248 g/mol. The molecule has 2 rings (SSSR count). The maximum atomic E-state index is 12.2. The number of hydrogen-bond acceptors (Lipinski definition) is 2. The quantitative estimate of drug-likeness (QED) is 0.708. The van der Waals surface area contributed by atoms with Crippen LogP contribution >= 0.6 is 0 Å². The third-order valence-electron chi connectivity index (χ3n) is 4.86. The van der Waals surface area contributed by atoms with Gasteiger partial charge in [-0.2, -0.15) is 0 Å². The Balaban J connectivity index is 2.09. The van der Waals surface area contributed by atoms with Crippen LogP contribution in [0.2, 0.25) is 0 Å². The summed E-state index contributed by atoms with van der Waals surface area (Å²) < 4.78 is 0. The van der Waals surface area contributed by atoms with Crippen molar-refractivity contribution in [3.05, 3.63) is 12.2 Å². The Labute approximate surface area is 110 Å². The van der Waals surface area contributed by atoms with Gasteiger partial charge in [-0.3, -0.25) is 4.79 Å². The molecule has 1 unspecified atom stereocenters. The van der Waals surface area contributed by atoms with Crippen molar-refractivity contribution in [1.29, 1.82) is 0 Å². The molecule has 100 valence electrons. The van der Waals surface area contributed by atoms with Crippen LogP contribution in [-0.4, -0.2) is 11.6 Å². The lowest BCUT2D eigenvalue weighted by molar-refractivity contribution is -0.122. The smallest absolute Gasteiger partial charge is 0.140 e. The van der Waals surface area contributed by atoms with Crippen LogP contribution in [0.3, 0.4) is 0 Å². The number of hydrogen-bond donors (Lipinski definition) is 0. The zero-order valence-corrected chi connectivity index (χ0v) is 11.5. The van der Waals surface area contributed by atoms with Crippen LogP contribution in [0.1, 0.15) is 64.7 Å². The van der Waals surface area contributed by atoms with Gasteiger partial charge < -0.3 is 4.79 Å². The van der Waals surface area contributed by atoms with Gasteiger partial charge >= 0.3 is 0 Å².